The van der Waals surface area contributed by atoms with Crippen LogP contribution in [0.5, 0.6) is 0 Å². The Morgan fingerprint density at radius 2 is 1.64 bits per heavy atom. The molecule has 0 saturated heterocycles. The fourth-order valence-electron chi connectivity index (χ4n) is 3.91. The van der Waals surface area contributed by atoms with Crippen LogP contribution in [0.15, 0.2) is 72.8 Å². The number of likely N-dealkylation sites (N-methyl/N-ethyl adjacent to an activating group) is 1. The van der Waals surface area contributed by atoms with Gasteiger partial charge in [0.2, 0.25) is 11.8 Å². The third-order valence-corrected chi connectivity index (χ3v) is 6.14. The van der Waals surface area contributed by atoms with E-state index >= 15 is 0 Å². The molecule has 2 amide bonds. The van der Waals surface area contributed by atoms with E-state index in [-0.39, 0.29) is 24.8 Å². The number of carbonyl (C=O) groups is 2. The van der Waals surface area contributed by atoms with Crippen LogP contribution in [-0.4, -0.2) is 29.3 Å². The van der Waals surface area contributed by atoms with E-state index in [1.165, 1.54) is 0 Å². The Hall–Kier alpha value is -3.11. The van der Waals surface area contributed by atoms with E-state index in [1.54, 1.807) is 4.90 Å². The smallest absolute Gasteiger partial charge is 0.243 e. The van der Waals surface area contributed by atoms with Crippen LogP contribution in [0.2, 0.25) is 5.02 Å². The van der Waals surface area contributed by atoms with Crippen molar-refractivity contribution in [2.24, 2.45) is 0 Å². The molecule has 1 unspecified atom stereocenters. The molecule has 4 nitrogen and oxygen atoms in total. The summed E-state index contributed by atoms with van der Waals surface area (Å²) in [5.74, 6) is -0.265. The zero-order valence-corrected chi connectivity index (χ0v) is 20.2. The maximum absolute atomic E-state index is 13.7. The van der Waals surface area contributed by atoms with Crippen molar-refractivity contribution < 1.29 is 9.59 Å². The Kier molecular flexibility index (Phi) is 8.67. The van der Waals surface area contributed by atoms with Crippen molar-refractivity contribution in [3.8, 4) is 0 Å². The minimum atomic E-state index is -0.652. The molecule has 3 aromatic carbocycles. The van der Waals surface area contributed by atoms with Crippen LogP contribution in [0.4, 0.5) is 0 Å². The van der Waals surface area contributed by atoms with Gasteiger partial charge in [-0.25, -0.2) is 0 Å². The van der Waals surface area contributed by atoms with Gasteiger partial charge in [0.15, 0.2) is 0 Å². The third kappa shape index (κ3) is 6.69. The van der Waals surface area contributed by atoms with E-state index < -0.39 is 6.04 Å². The molecule has 33 heavy (non-hydrogen) atoms. The fourth-order valence-corrected chi connectivity index (χ4v) is 4.11. The minimum absolute atomic E-state index is 0.101. The highest BCUT2D eigenvalue weighted by atomic mass is 35.5. The van der Waals surface area contributed by atoms with E-state index in [9.17, 15) is 9.59 Å². The molecular formula is C28H31ClN2O2. The summed E-state index contributed by atoms with van der Waals surface area (Å²) in [6.07, 6.45) is 0.651. The molecule has 0 saturated carbocycles. The Balaban J connectivity index is 1.99. The van der Waals surface area contributed by atoms with Crippen molar-refractivity contribution in [3.63, 3.8) is 0 Å². The molecule has 0 spiro atoms. The van der Waals surface area contributed by atoms with E-state index in [4.69, 9.17) is 11.6 Å². The van der Waals surface area contributed by atoms with E-state index in [1.807, 2.05) is 93.6 Å². The average Bonchev–Trinajstić information content (AvgIpc) is 2.80. The van der Waals surface area contributed by atoms with E-state index in [2.05, 4.69) is 5.32 Å². The summed E-state index contributed by atoms with van der Waals surface area (Å²) in [5, 5.41) is 3.50. The molecule has 0 bridgehead atoms. The van der Waals surface area contributed by atoms with Crippen LogP contribution in [0.25, 0.3) is 0 Å². The maximum atomic E-state index is 13.7. The standard InChI is InChI=1S/C28H31ClN2O2/c1-4-30-28(33)26(17-22-10-6-5-7-11-22)31(19-23-12-8-9-13-25(23)29)27(32)18-24-16-20(2)14-15-21(24)3/h5-16,26H,4,17-19H2,1-3H3,(H,30,33). The van der Waals surface area contributed by atoms with Gasteiger partial charge in [-0.05, 0) is 49.1 Å². The summed E-state index contributed by atoms with van der Waals surface area (Å²) in [6.45, 7) is 6.66. The zero-order chi connectivity index (χ0) is 23.8. The molecule has 0 fully saturated rings. The van der Waals surface area contributed by atoms with Gasteiger partial charge in [0.25, 0.3) is 0 Å². The van der Waals surface area contributed by atoms with Gasteiger partial charge in [-0.2, -0.15) is 0 Å². The Bertz CT molecular complexity index is 1100. The number of hydrogen-bond acceptors (Lipinski definition) is 2. The highest BCUT2D eigenvalue weighted by Crippen LogP contribution is 2.22. The van der Waals surface area contributed by atoms with Crippen LogP contribution in [0.1, 0.15) is 34.7 Å². The minimum Gasteiger partial charge on any atom is -0.355 e. The third-order valence-electron chi connectivity index (χ3n) is 5.77. The van der Waals surface area contributed by atoms with Gasteiger partial charge < -0.3 is 10.2 Å². The van der Waals surface area contributed by atoms with Crippen LogP contribution in [0, 0.1) is 13.8 Å². The first-order valence-electron chi connectivity index (χ1n) is 11.3. The predicted molar refractivity (Wildman–Crippen MR) is 134 cm³/mol. The fraction of sp³-hybridized carbons (Fsp3) is 0.286. The lowest BCUT2D eigenvalue weighted by Crippen LogP contribution is -2.51. The first-order valence-corrected chi connectivity index (χ1v) is 11.7. The summed E-state index contributed by atoms with van der Waals surface area (Å²) in [4.78, 5) is 28.6. The number of nitrogens with one attached hydrogen (secondary N) is 1. The van der Waals surface area contributed by atoms with Crippen LogP contribution in [-0.2, 0) is 29.0 Å². The second kappa shape index (κ2) is 11.7. The summed E-state index contributed by atoms with van der Waals surface area (Å²) in [5.41, 5.74) is 4.95. The van der Waals surface area contributed by atoms with Crippen molar-refractivity contribution in [3.05, 3.63) is 106 Å². The van der Waals surface area contributed by atoms with Gasteiger partial charge in [0.05, 0.1) is 6.42 Å². The van der Waals surface area contributed by atoms with E-state index in [0.29, 0.717) is 18.0 Å². The highest BCUT2D eigenvalue weighted by molar-refractivity contribution is 6.31. The van der Waals surface area contributed by atoms with Gasteiger partial charge in [-0.1, -0.05) is 83.9 Å². The number of nitrogens with zero attached hydrogens (tertiary/aromatic N) is 1. The van der Waals surface area contributed by atoms with Crippen molar-refractivity contribution in [1.82, 2.24) is 10.2 Å². The molecule has 0 radical (unpaired) electrons. The quantitative estimate of drug-likeness (QED) is 0.470. The molecule has 0 aromatic heterocycles. The Morgan fingerprint density at radius 1 is 0.939 bits per heavy atom. The van der Waals surface area contributed by atoms with E-state index in [0.717, 1.165) is 27.8 Å². The first kappa shape index (κ1) is 24.5. The van der Waals surface area contributed by atoms with Crippen molar-refractivity contribution in [2.45, 2.75) is 46.2 Å². The molecule has 5 heteroatoms. The first-order chi connectivity index (χ1) is 15.9. The van der Waals surface area contributed by atoms with Crippen molar-refractivity contribution in [1.29, 1.82) is 0 Å². The number of rotatable bonds is 9. The Labute approximate surface area is 201 Å². The predicted octanol–water partition coefficient (Wildman–Crippen LogP) is 5.28. The van der Waals surface area contributed by atoms with Crippen molar-refractivity contribution >= 4 is 23.4 Å². The van der Waals surface area contributed by atoms with Crippen molar-refractivity contribution in [2.75, 3.05) is 6.54 Å². The van der Waals surface area contributed by atoms with Crippen LogP contribution >= 0.6 is 11.6 Å². The second-order valence-corrected chi connectivity index (χ2v) is 8.73. The SMILES string of the molecule is CCNC(=O)C(Cc1ccccc1)N(Cc1ccccc1Cl)C(=O)Cc1cc(C)ccc1C. The normalized spacial score (nSPS) is 11.6. The molecule has 3 aromatic rings. The molecule has 0 aliphatic rings. The van der Waals surface area contributed by atoms with Gasteiger partial charge in [-0.3, -0.25) is 9.59 Å². The topological polar surface area (TPSA) is 49.4 Å². The lowest BCUT2D eigenvalue weighted by molar-refractivity contribution is -0.140. The number of halogens is 1. The Morgan fingerprint density at radius 3 is 2.33 bits per heavy atom. The molecule has 1 atom stereocenters. The molecule has 0 aliphatic heterocycles. The number of benzene rings is 3. The molecule has 1 N–H and O–H groups in total. The summed E-state index contributed by atoms with van der Waals surface area (Å²) in [7, 11) is 0. The van der Waals surface area contributed by atoms with Crippen LogP contribution in [0.3, 0.4) is 0 Å². The number of hydrogen-bond donors (Lipinski definition) is 1. The molecule has 0 heterocycles. The lowest BCUT2D eigenvalue weighted by atomic mass is 9.99. The highest BCUT2D eigenvalue weighted by Gasteiger charge is 2.30. The monoisotopic (exact) mass is 462 g/mol. The number of amides is 2. The molecular weight excluding hydrogens is 432 g/mol. The summed E-state index contributed by atoms with van der Waals surface area (Å²) >= 11 is 6.45. The lowest BCUT2D eigenvalue weighted by Gasteiger charge is -2.32. The van der Waals surface area contributed by atoms with Crippen LogP contribution < -0.4 is 5.32 Å². The number of carbonyl (C=O) groups excluding carboxylic acids is 2. The number of aryl methyl sites for hydroxylation is 2. The van der Waals surface area contributed by atoms with Gasteiger partial charge in [0, 0.05) is 24.5 Å². The molecule has 0 aliphatic carbocycles. The zero-order valence-electron chi connectivity index (χ0n) is 19.5. The average molecular weight is 463 g/mol. The summed E-state index contributed by atoms with van der Waals surface area (Å²) in [6, 6.07) is 22.7. The van der Waals surface area contributed by atoms with Gasteiger partial charge in [-0.15, -0.1) is 0 Å². The maximum Gasteiger partial charge on any atom is 0.243 e. The molecule has 172 valence electrons. The summed E-state index contributed by atoms with van der Waals surface area (Å²) < 4.78 is 0. The van der Waals surface area contributed by atoms with Gasteiger partial charge >= 0.3 is 0 Å². The van der Waals surface area contributed by atoms with Gasteiger partial charge in [0.1, 0.15) is 6.04 Å². The molecule has 3 rings (SSSR count). The second-order valence-electron chi connectivity index (χ2n) is 8.32. The largest absolute Gasteiger partial charge is 0.355 e.